The van der Waals surface area contributed by atoms with Gasteiger partial charge in [0.2, 0.25) is 0 Å². The number of ether oxygens (including phenoxy) is 2. The molecule has 1 saturated heterocycles. The van der Waals surface area contributed by atoms with Gasteiger partial charge in [-0.15, -0.1) is 0 Å². The number of carbonyl (C=O) groups is 1. The average molecular weight is 292 g/mol. The summed E-state index contributed by atoms with van der Waals surface area (Å²) in [7, 11) is 0. The number of esters is 1. The first-order chi connectivity index (χ1) is 9.35. The molecule has 0 aromatic carbocycles. The first-order valence-corrected chi connectivity index (χ1v) is 6.81. The molecule has 20 heavy (non-hydrogen) atoms. The summed E-state index contributed by atoms with van der Waals surface area (Å²) >= 11 is 0. The van der Waals surface area contributed by atoms with Crippen molar-refractivity contribution in [3.8, 4) is 0 Å². The summed E-state index contributed by atoms with van der Waals surface area (Å²) in [5.41, 5.74) is -1.79. The van der Waals surface area contributed by atoms with E-state index in [-0.39, 0.29) is 32.0 Å². The monoisotopic (exact) mass is 292 g/mol. The third-order valence-corrected chi connectivity index (χ3v) is 3.56. The van der Waals surface area contributed by atoms with Crippen molar-refractivity contribution in [1.82, 2.24) is 0 Å². The summed E-state index contributed by atoms with van der Waals surface area (Å²) in [6.45, 7) is 3.07. The lowest BCUT2D eigenvalue weighted by atomic mass is 9.78. The zero-order valence-electron chi connectivity index (χ0n) is 11.9. The molecule has 1 heterocycles. The highest BCUT2D eigenvalue weighted by molar-refractivity contribution is 5.69. The fraction of sp³-hybridized carbons (Fsp3) is 0.923. The van der Waals surface area contributed by atoms with Gasteiger partial charge in [-0.3, -0.25) is 4.79 Å². The molecule has 5 atom stereocenters. The Hall–Kier alpha value is -0.730. The van der Waals surface area contributed by atoms with Gasteiger partial charge >= 0.3 is 5.97 Å². The first kappa shape index (κ1) is 17.3. The largest absolute Gasteiger partial charge is 0.466 e. The smallest absolute Gasteiger partial charge is 0.306 e. The van der Waals surface area contributed by atoms with Crippen LogP contribution < -0.4 is 0 Å². The molecule has 1 unspecified atom stereocenters. The van der Waals surface area contributed by atoms with Crippen LogP contribution in [0.2, 0.25) is 0 Å². The fourth-order valence-electron chi connectivity index (χ4n) is 2.57. The maximum absolute atomic E-state index is 11.4. The Morgan fingerprint density at radius 2 is 2.15 bits per heavy atom. The molecule has 1 fully saturated rings. The minimum Gasteiger partial charge on any atom is -0.466 e. The molecule has 0 bridgehead atoms. The molecule has 0 aromatic heterocycles. The zero-order chi connectivity index (χ0) is 15.3. The van der Waals surface area contributed by atoms with Crippen LogP contribution in [0.5, 0.6) is 0 Å². The van der Waals surface area contributed by atoms with E-state index >= 15 is 0 Å². The van der Waals surface area contributed by atoms with Crippen molar-refractivity contribution in [2.45, 2.75) is 50.6 Å². The molecule has 4 N–H and O–H groups in total. The molecule has 0 radical (unpaired) electrons. The predicted octanol–water partition coefficient (Wildman–Crippen LogP) is -1.19. The van der Waals surface area contributed by atoms with E-state index in [2.05, 4.69) is 0 Å². The maximum Gasteiger partial charge on any atom is 0.306 e. The van der Waals surface area contributed by atoms with Crippen LogP contribution in [0.25, 0.3) is 0 Å². The molecule has 0 saturated carbocycles. The van der Waals surface area contributed by atoms with Gasteiger partial charge in [-0.25, -0.2) is 0 Å². The molecule has 0 aromatic rings. The van der Waals surface area contributed by atoms with Crippen molar-refractivity contribution < 1.29 is 34.7 Å². The number of carbonyl (C=O) groups excluding carboxylic acids is 1. The SMILES string of the molecule is CCOC(=O)CC(C)C[C@]1(O)[C@H](O)[C@@H](O)CO[C@@H]1CO. The van der Waals surface area contributed by atoms with Gasteiger partial charge < -0.3 is 29.9 Å². The molecule has 118 valence electrons. The zero-order valence-corrected chi connectivity index (χ0v) is 11.9. The molecule has 7 heteroatoms. The summed E-state index contributed by atoms with van der Waals surface area (Å²) in [6.07, 6.45) is -3.56. The van der Waals surface area contributed by atoms with Crippen LogP contribution in [-0.4, -0.2) is 70.1 Å². The normalized spacial score (nSPS) is 35.6. The van der Waals surface area contributed by atoms with Gasteiger partial charge in [0, 0.05) is 6.42 Å². The Morgan fingerprint density at radius 3 is 2.70 bits per heavy atom. The van der Waals surface area contributed by atoms with Crippen molar-refractivity contribution in [2.75, 3.05) is 19.8 Å². The van der Waals surface area contributed by atoms with Gasteiger partial charge in [-0.1, -0.05) is 6.92 Å². The lowest BCUT2D eigenvalue weighted by Gasteiger charge is -2.45. The predicted molar refractivity (Wildman–Crippen MR) is 68.8 cm³/mol. The molecule has 0 amide bonds. The van der Waals surface area contributed by atoms with E-state index in [4.69, 9.17) is 9.47 Å². The molecular formula is C13H24O7. The highest BCUT2D eigenvalue weighted by Crippen LogP contribution is 2.33. The van der Waals surface area contributed by atoms with Crippen LogP contribution in [0.4, 0.5) is 0 Å². The van der Waals surface area contributed by atoms with E-state index in [9.17, 15) is 25.2 Å². The minimum atomic E-state index is -1.79. The van der Waals surface area contributed by atoms with E-state index < -0.39 is 36.5 Å². The average Bonchev–Trinajstić information content (AvgIpc) is 2.36. The van der Waals surface area contributed by atoms with Crippen LogP contribution in [0.1, 0.15) is 26.7 Å². The second-order valence-corrected chi connectivity index (χ2v) is 5.33. The molecule has 1 aliphatic heterocycles. The first-order valence-electron chi connectivity index (χ1n) is 6.81. The van der Waals surface area contributed by atoms with Gasteiger partial charge in [0.15, 0.2) is 0 Å². The third kappa shape index (κ3) is 3.89. The molecule has 1 rings (SSSR count). The lowest BCUT2D eigenvalue weighted by Crippen LogP contribution is -2.64. The lowest BCUT2D eigenvalue weighted by molar-refractivity contribution is -0.254. The quantitative estimate of drug-likeness (QED) is 0.455. The van der Waals surface area contributed by atoms with E-state index in [1.165, 1.54) is 0 Å². The summed E-state index contributed by atoms with van der Waals surface area (Å²) < 4.78 is 9.98. The van der Waals surface area contributed by atoms with E-state index in [1.54, 1.807) is 13.8 Å². The van der Waals surface area contributed by atoms with Crippen LogP contribution in [-0.2, 0) is 14.3 Å². The van der Waals surface area contributed by atoms with Gasteiger partial charge in [-0.2, -0.15) is 0 Å². The maximum atomic E-state index is 11.4. The highest BCUT2D eigenvalue weighted by Gasteiger charge is 2.51. The van der Waals surface area contributed by atoms with Crippen molar-refractivity contribution in [3.63, 3.8) is 0 Å². The van der Waals surface area contributed by atoms with Crippen molar-refractivity contribution >= 4 is 5.97 Å². The summed E-state index contributed by atoms with van der Waals surface area (Å²) in [5, 5.41) is 39.4. The Balaban J connectivity index is 2.71. The molecular weight excluding hydrogens is 268 g/mol. The highest BCUT2D eigenvalue weighted by atomic mass is 16.5. The second-order valence-electron chi connectivity index (χ2n) is 5.33. The number of aliphatic hydroxyl groups is 4. The molecule has 7 nitrogen and oxygen atoms in total. The third-order valence-electron chi connectivity index (χ3n) is 3.56. The van der Waals surface area contributed by atoms with Gasteiger partial charge in [0.1, 0.15) is 23.9 Å². The van der Waals surface area contributed by atoms with E-state index in [1.807, 2.05) is 0 Å². The summed E-state index contributed by atoms with van der Waals surface area (Å²) in [6, 6.07) is 0. The van der Waals surface area contributed by atoms with E-state index in [0.29, 0.717) is 0 Å². The Morgan fingerprint density at radius 1 is 1.50 bits per heavy atom. The van der Waals surface area contributed by atoms with Crippen LogP contribution in [0.15, 0.2) is 0 Å². The minimum absolute atomic E-state index is 0.00919. The van der Waals surface area contributed by atoms with Crippen molar-refractivity contribution in [2.24, 2.45) is 5.92 Å². The van der Waals surface area contributed by atoms with Crippen molar-refractivity contribution in [1.29, 1.82) is 0 Å². The van der Waals surface area contributed by atoms with Gasteiger partial charge in [0.25, 0.3) is 0 Å². The Bertz CT molecular complexity index is 318. The molecule has 0 spiro atoms. The van der Waals surface area contributed by atoms with E-state index in [0.717, 1.165) is 0 Å². The Kier molecular flexibility index (Phi) is 6.35. The number of aliphatic hydroxyl groups excluding tert-OH is 3. The van der Waals surface area contributed by atoms with Gasteiger partial charge in [0.05, 0.1) is 19.8 Å². The number of hydrogen-bond acceptors (Lipinski definition) is 7. The summed E-state index contributed by atoms with van der Waals surface area (Å²) in [5.74, 6) is -0.687. The number of hydrogen-bond donors (Lipinski definition) is 4. The van der Waals surface area contributed by atoms with Crippen LogP contribution in [0.3, 0.4) is 0 Å². The van der Waals surface area contributed by atoms with Gasteiger partial charge in [-0.05, 0) is 19.3 Å². The van der Waals surface area contributed by atoms with Crippen LogP contribution in [0, 0.1) is 5.92 Å². The van der Waals surface area contributed by atoms with Crippen molar-refractivity contribution in [3.05, 3.63) is 0 Å². The number of rotatable bonds is 6. The summed E-state index contributed by atoms with van der Waals surface area (Å²) in [4.78, 5) is 11.4. The topological polar surface area (TPSA) is 116 Å². The second kappa shape index (κ2) is 7.33. The fourth-order valence-corrected chi connectivity index (χ4v) is 2.57. The molecule has 1 aliphatic rings. The Labute approximate surface area is 118 Å². The van der Waals surface area contributed by atoms with Crippen LogP contribution >= 0.6 is 0 Å². The molecule has 0 aliphatic carbocycles. The standard InChI is InChI=1S/C13H24O7/c1-3-19-11(16)4-8(2)5-13(18)10(6-14)20-7-9(15)12(13)17/h8-10,12,14-15,17-18H,3-7H2,1-2H3/t8?,9-,10+,12+,13+/m0/s1.